The van der Waals surface area contributed by atoms with Crippen LogP contribution in [0.3, 0.4) is 0 Å². The molecule has 0 spiro atoms. The number of alkyl halides is 1. The summed E-state index contributed by atoms with van der Waals surface area (Å²) in [6, 6.07) is -0.574. The Kier molecular flexibility index (Phi) is 4.43. The zero-order valence-electron chi connectivity index (χ0n) is 10.9. The maximum Gasteiger partial charge on any atom is 0.246 e. The van der Waals surface area contributed by atoms with Gasteiger partial charge in [0.15, 0.2) is 9.84 Å². The predicted molar refractivity (Wildman–Crippen MR) is 75.0 cm³/mol. The van der Waals surface area contributed by atoms with Gasteiger partial charge in [0, 0.05) is 24.7 Å². The SMILES string of the molecule is CC1CS(=O)(=O)CCN1S(=O)(=O)c1cnn(CCCl)c1. The van der Waals surface area contributed by atoms with Gasteiger partial charge in [0.1, 0.15) is 4.90 Å². The molecule has 0 bridgehead atoms. The first-order valence-electron chi connectivity index (χ1n) is 6.07. The topological polar surface area (TPSA) is 89.3 Å². The minimum absolute atomic E-state index is 0.0213. The molecule has 0 N–H and O–H groups in total. The van der Waals surface area contributed by atoms with E-state index in [1.165, 1.54) is 21.4 Å². The van der Waals surface area contributed by atoms with E-state index in [9.17, 15) is 16.8 Å². The summed E-state index contributed by atoms with van der Waals surface area (Å²) in [6.45, 7) is 1.99. The Hall–Kier alpha value is -0.640. The van der Waals surface area contributed by atoms with Crippen LogP contribution in [-0.4, -0.2) is 60.9 Å². The van der Waals surface area contributed by atoms with E-state index >= 15 is 0 Å². The first kappa shape index (κ1) is 15.7. The van der Waals surface area contributed by atoms with Crippen molar-refractivity contribution in [2.24, 2.45) is 0 Å². The molecule has 1 atom stereocenters. The van der Waals surface area contributed by atoms with Gasteiger partial charge in [0.2, 0.25) is 10.0 Å². The van der Waals surface area contributed by atoms with E-state index in [2.05, 4.69) is 5.10 Å². The van der Waals surface area contributed by atoms with E-state index < -0.39 is 25.9 Å². The van der Waals surface area contributed by atoms with Gasteiger partial charge in [-0.3, -0.25) is 4.68 Å². The number of halogens is 1. The summed E-state index contributed by atoms with van der Waals surface area (Å²) < 4.78 is 50.6. The number of hydrogen-bond donors (Lipinski definition) is 0. The van der Waals surface area contributed by atoms with Crippen molar-refractivity contribution >= 4 is 31.5 Å². The average Bonchev–Trinajstić information content (AvgIpc) is 2.77. The van der Waals surface area contributed by atoms with Crippen LogP contribution in [0.2, 0.25) is 0 Å². The quantitative estimate of drug-likeness (QED) is 0.715. The Labute approximate surface area is 123 Å². The number of sulfonamides is 1. The molecule has 10 heteroatoms. The lowest BCUT2D eigenvalue weighted by atomic mass is 10.4. The molecule has 0 aliphatic carbocycles. The van der Waals surface area contributed by atoms with E-state index in [1.54, 1.807) is 6.92 Å². The average molecular weight is 342 g/mol. The Morgan fingerprint density at radius 1 is 1.50 bits per heavy atom. The fourth-order valence-electron chi connectivity index (χ4n) is 2.16. The zero-order chi connectivity index (χ0) is 15.0. The van der Waals surface area contributed by atoms with Gasteiger partial charge in [-0.1, -0.05) is 0 Å². The van der Waals surface area contributed by atoms with Gasteiger partial charge in [-0.15, -0.1) is 11.6 Å². The molecular weight excluding hydrogens is 326 g/mol. The Morgan fingerprint density at radius 3 is 2.80 bits per heavy atom. The number of aryl methyl sites for hydroxylation is 1. The Bertz CT molecular complexity index is 683. The van der Waals surface area contributed by atoms with E-state index in [4.69, 9.17) is 11.6 Å². The second-order valence-corrected chi connectivity index (χ2v) is 9.20. The van der Waals surface area contributed by atoms with Gasteiger partial charge < -0.3 is 0 Å². The number of rotatable bonds is 4. The largest absolute Gasteiger partial charge is 0.270 e. The summed E-state index contributed by atoms with van der Waals surface area (Å²) in [4.78, 5) is 0.0637. The number of nitrogens with zero attached hydrogens (tertiary/aromatic N) is 3. The van der Waals surface area contributed by atoms with Crippen LogP contribution in [0.1, 0.15) is 6.92 Å². The zero-order valence-corrected chi connectivity index (χ0v) is 13.3. The van der Waals surface area contributed by atoms with Crippen LogP contribution >= 0.6 is 11.6 Å². The highest BCUT2D eigenvalue weighted by Crippen LogP contribution is 2.21. The molecular formula is C10H16ClN3O4S2. The summed E-state index contributed by atoms with van der Waals surface area (Å²) in [7, 11) is -6.87. The predicted octanol–water partition coefficient (Wildman–Crippen LogP) is -0.0705. The highest BCUT2D eigenvalue weighted by atomic mass is 35.5. The molecule has 1 aliphatic rings. The monoisotopic (exact) mass is 341 g/mol. The van der Waals surface area contributed by atoms with E-state index in [0.717, 1.165) is 0 Å². The Balaban J connectivity index is 2.26. The third-order valence-corrected chi connectivity index (χ3v) is 7.07. The number of hydrogen-bond acceptors (Lipinski definition) is 5. The van der Waals surface area contributed by atoms with Crippen LogP contribution in [0.15, 0.2) is 17.3 Å². The molecule has 2 heterocycles. The molecule has 0 radical (unpaired) electrons. The summed E-state index contributed by atoms with van der Waals surface area (Å²) in [6.07, 6.45) is 2.67. The number of sulfone groups is 1. The third kappa shape index (κ3) is 3.16. The van der Waals surface area contributed by atoms with Crippen molar-refractivity contribution < 1.29 is 16.8 Å². The van der Waals surface area contributed by atoms with Crippen molar-refractivity contribution in [2.45, 2.75) is 24.4 Å². The van der Waals surface area contributed by atoms with Crippen LogP contribution < -0.4 is 0 Å². The van der Waals surface area contributed by atoms with Gasteiger partial charge >= 0.3 is 0 Å². The maximum absolute atomic E-state index is 12.5. The molecule has 114 valence electrons. The smallest absolute Gasteiger partial charge is 0.246 e. The summed E-state index contributed by atoms with van der Waals surface area (Å²) in [5.74, 6) is 0.0357. The summed E-state index contributed by atoms with van der Waals surface area (Å²) >= 11 is 5.58. The molecule has 1 aliphatic heterocycles. The lowest BCUT2D eigenvalue weighted by molar-refractivity contribution is 0.357. The second-order valence-electron chi connectivity index (χ2n) is 4.71. The molecule has 2 rings (SSSR count). The standard InChI is InChI=1S/C10H16ClN3O4S2/c1-9-8-19(15,16)5-4-14(9)20(17,18)10-6-12-13(7-10)3-2-11/h6-7,9H,2-5,8H2,1H3. The Morgan fingerprint density at radius 2 is 2.20 bits per heavy atom. The van der Waals surface area contributed by atoms with Crippen molar-refractivity contribution in [1.29, 1.82) is 0 Å². The number of aromatic nitrogens is 2. The molecule has 0 aromatic carbocycles. The van der Waals surface area contributed by atoms with Crippen LogP contribution in [0.5, 0.6) is 0 Å². The van der Waals surface area contributed by atoms with Crippen LogP contribution in [-0.2, 0) is 26.4 Å². The molecule has 1 unspecified atom stereocenters. The molecule has 1 aromatic rings. The fraction of sp³-hybridized carbons (Fsp3) is 0.700. The van der Waals surface area contributed by atoms with Crippen molar-refractivity contribution in [3.8, 4) is 0 Å². The lowest BCUT2D eigenvalue weighted by Gasteiger charge is -2.31. The normalized spacial score (nSPS) is 23.8. The molecule has 0 amide bonds. The molecule has 7 nitrogen and oxygen atoms in total. The van der Waals surface area contributed by atoms with Gasteiger partial charge in [0.25, 0.3) is 0 Å². The van der Waals surface area contributed by atoms with Gasteiger partial charge in [-0.25, -0.2) is 16.8 Å². The van der Waals surface area contributed by atoms with E-state index in [1.807, 2.05) is 0 Å². The highest BCUT2D eigenvalue weighted by Gasteiger charge is 2.37. The van der Waals surface area contributed by atoms with Gasteiger partial charge in [-0.2, -0.15) is 9.40 Å². The first-order chi connectivity index (χ1) is 9.26. The summed E-state index contributed by atoms with van der Waals surface area (Å²) in [5.41, 5.74) is 0. The molecule has 20 heavy (non-hydrogen) atoms. The maximum atomic E-state index is 12.5. The molecule has 1 saturated heterocycles. The minimum Gasteiger partial charge on any atom is -0.270 e. The van der Waals surface area contributed by atoms with E-state index in [0.29, 0.717) is 12.4 Å². The summed E-state index contributed by atoms with van der Waals surface area (Å²) in [5, 5.41) is 3.93. The van der Waals surface area contributed by atoms with Crippen molar-refractivity contribution in [3.05, 3.63) is 12.4 Å². The minimum atomic E-state index is -3.72. The highest BCUT2D eigenvalue weighted by molar-refractivity contribution is 7.92. The van der Waals surface area contributed by atoms with Crippen molar-refractivity contribution in [1.82, 2.24) is 14.1 Å². The van der Waals surface area contributed by atoms with Gasteiger partial charge in [0.05, 0.1) is 24.2 Å². The van der Waals surface area contributed by atoms with E-state index in [-0.39, 0.29) is 22.9 Å². The van der Waals surface area contributed by atoms with Crippen LogP contribution in [0.25, 0.3) is 0 Å². The second kappa shape index (κ2) is 5.63. The van der Waals surface area contributed by atoms with Crippen LogP contribution in [0, 0.1) is 0 Å². The molecule has 0 saturated carbocycles. The first-order valence-corrected chi connectivity index (χ1v) is 9.86. The lowest BCUT2D eigenvalue weighted by Crippen LogP contribution is -2.49. The van der Waals surface area contributed by atoms with Crippen molar-refractivity contribution in [3.63, 3.8) is 0 Å². The molecule has 1 fully saturated rings. The van der Waals surface area contributed by atoms with Crippen molar-refractivity contribution in [2.75, 3.05) is 23.9 Å². The third-order valence-electron chi connectivity index (χ3n) is 3.14. The molecule has 1 aromatic heterocycles. The fourth-order valence-corrected chi connectivity index (χ4v) is 5.69. The van der Waals surface area contributed by atoms with Crippen LogP contribution in [0.4, 0.5) is 0 Å². The van der Waals surface area contributed by atoms with Gasteiger partial charge in [-0.05, 0) is 6.92 Å².